The van der Waals surface area contributed by atoms with Crippen LogP contribution in [0.25, 0.3) is 0 Å². The first-order chi connectivity index (χ1) is 11.5. The van der Waals surface area contributed by atoms with Gasteiger partial charge in [-0.25, -0.2) is 12.8 Å². The van der Waals surface area contributed by atoms with E-state index in [2.05, 4.69) is 5.32 Å². The van der Waals surface area contributed by atoms with E-state index in [0.29, 0.717) is 18.7 Å². The van der Waals surface area contributed by atoms with Crippen LogP contribution in [0.4, 0.5) is 4.39 Å². The highest BCUT2D eigenvalue weighted by Crippen LogP contribution is 2.27. The Kier molecular flexibility index (Phi) is 4.98. The summed E-state index contributed by atoms with van der Waals surface area (Å²) < 4.78 is 39.9. The molecule has 2 aromatic rings. The number of carbonyl (C=O) groups excluding carboxylic acids is 1. The number of hydrogen-bond donors (Lipinski definition) is 1. The van der Waals surface area contributed by atoms with Crippen LogP contribution in [0.5, 0.6) is 0 Å². The van der Waals surface area contributed by atoms with Crippen molar-refractivity contribution >= 4 is 27.3 Å². The van der Waals surface area contributed by atoms with Crippen molar-refractivity contribution in [2.75, 3.05) is 13.1 Å². The molecule has 128 valence electrons. The zero-order valence-electron chi connectivity index (χ0n) is 12.9. The Morgan fingerprint density at radius 3 is 2.71 bits per heavy atom. The van der Waals surface area contributed by atoms with Gasteiger partial charge >= 0.3 is 0 Å². The van der Waals surface area contributed by atoms with Gasteiger partial charge in [0, 0.05) is 19.6 Å². The lowest BCUT2D eigenvalue weighted by molar-refractivity contribution is 0.0952. The van der Waals surface area contributed by atoms with Crippen LogP contribution in [0.1, 0.15) is 28.1 Å². The molecule has 1 aromatic carbocycles. The van der Waals surface area contributed by atoms with Gasteiger partial charge in [0.2, 0.25) is 10.0 Å². The number of rotatable bonds is 5. The molecule has 24 heavy (non-hydrogen) atoms. The minimum absolute atomic E-state index is 0.0474. The number of thiophene rings is 1. The van der Waals surface area contributed by atoms with Crippen LogP contribution in [0, 0.1) is 5.82 Å². The Bertz CT molecular complexity index is 843. The van der Waals surface area contributed by atoms with Gasteiger partial charge in [-0.3, -0.25) is 4.79 Å². The Morgan fingerprint density at radius 2 is 2.00 bits per heavy atom. The highest BCUT2D eigenvalue weighted by Gasteiger charge is 2.31. The molecule has 0 atom stereocenters. The van der Waals surface area contributed by atoms with Gasteiger partial charge in [-0.15, -0.1) is 11.3 Å². The summed E-state index contributed by atoms with van der Waals surface area (Å²) in [5.41, 5.74) is 0.615. The number of carbonyl (C=O) groups is 1. The van der Waals surface area contributed by atoms with Gasteiger partial charge in [0.25, 0.3) is 5.91 Å². The lowest BCUT2D eigenvalue weighted by Gasteiger charge is -2.15. The van der Waals surface area contributed by atoms with Gasteiger partial charge in [-0.1, -0.05) is 12.1 Å². The van der Waals surface area contributed by atoms with Crippen LogP contribution in [0.2, 0.25) is 0 Å². The summed E-state index contributed by atoms with van der Waals surface area (Å²) in [6.45, 7) is 1.11. The molecule has 2 heterocycles. The second kappa shape index (κ2) is 7.00. The van der Waals surface area contributed by atoms with Crippen molar-refractivity contribution in [1.82, 2.24) is 9.62 Å². The lowest BCUT2D eigenvalue weighted by atomic mass is 10.2. The SMILES string of the molecule is O=C(NCc1cccc(F)c1)c1sccc1S(=O)(=O)N1CCCC1. The molecule has 1 fully saturated rings. The minimum atomic E-state index is -3.64. The second-order valence-corrected chi connectivity index (χ2v) is 8.36. The highest BCUT2D eigenvalue weighted by molar-refractivity contribution is 7.89. The smallest absolute Gasteiger partial charge is 0.263 e. The van der Waals surface area contributed by atoms with Crippen LogP contribution < -0.4 is 5.32 Å². The Balaban J connectivity index is 1.76. The van der Waals surface area contributed by atoms with Gasteiger partial charge in [-0.2, -0.15) is 4.31 Å². The quantitative estimate of drug-likeness (QED) is 0.882. The van der Waals surface area contributed by atoms with Gasteiger partial charge in [0.15, 0.2) is 0 Å². The summed E-state index contributed by atoms with van der Waals surface area (Å²) in [5.74, 6) is -0.845. The molecule has 0 radical (unpaired) electrons. The van der Waals surface area contributed by atoms with E-state index in [1.165, 1.54) is 22.5 Å². The molecule has 1 aliphatic heterocycles. The first-order valence-electron chi connectivity index (χ1n) is 7.59. The molecule has 1 saturated heterocycles. The molecular formula is C16H17FN2O3S2. The lowest BCUT2D eigenvalue weighted by Crippen LogP contribution is -2.30. The van der Waals surface area contributed by atoms with Gasteiger partial charge < -0.3 is 5.32 Å². The van der Waals surface area contributed by atoms with Crippen LogP contribution in [0.3, 0.4) is 0 Å². The molecule has 1 amide bonds. The van der Waals surface area contributed by atoms with Crippen molar-refractivity contribution in [3.63, 3.8) is 0 Å². The molecule has 0 spiro atoms. The third kappa shape index (κ3) is 3.50. The molecule has 1 aromatic heterocycles. The van der Waals surface area contributed by atoms with E-state index < -0.39 is 15.9 Å². The topological polar surface area (TPSA) is 66.5 Å². The summed E-state index contributed by atoms with van der Waals surface area (Å²) in [5, 5.41) is 4.25. The molecule has 0 saturated carbocycles. The van der Waals surface area contributed by atoms with Gasteiger partial charge in [0.1, 0.15) is 15.6 Å². The third-order valence-electron chi connectivity index (χ3n) is 3.86. The number of nitrogens with one attached hydrogen (secondary N) is 1. The van der Waals surface area contributed by atoms with Gasteiger partial charge in [-0.05, 0) is 42.0 Å². The summed E-state index contributed by atoms with van der Waals surface area (Å²) in [7, 11) is -3.64. The molecule has 8 heteroatoms. The van der Waals surface area contributed by atoms with Crippen molar-refractivity contribution in [3.8, 4) is 0 Å². The predicted molar refractivity (Wildman–Crippen MR) is 89.9 cm³/mol. The molecule has 1 aliphatic rings. The standard InChI is InChI=1S/C16H17FN2O3S2/c17-13-5-3-4-12(10-13)11-18-16(20)15-14(6-9-23-15)24(21,22)19-7-1-2-8-19/h3-6,9-10H,1-2,7-8,11H2,(H,18,20). The molecule has 0 unspecified atom stereocenters. The Hall–Kier alpha value is -1.77. The van der Waals surface area contributed by atoms with E-state index in [4.69, 9.17) is 0 Å². The van der Waals surface area contributed by atoms with E-state index in [1.54, 1.807) is 17.5 Å². The van der Waals surface area contributed by atoms with E-state index in [0.717, 1.165) is 24.2 Å². The minimum Gasteiger partial charge on any atom is -0.347 e. The van der Waals surface area contributed by atoms with Crippen LogP contribution in [-0.4, -0.2) is 31.7 Å². The second-order valence-electron chi connectivity index (χ2n) is 5.54. The number of nitrogens with zero attached hydrogens (tertiary/aromatic N) is 1. The largest absolute Gasteiger partial charge is 0.347 e. The maximum absolute atomic E-state index is 13.2. The highest BCUT2D eigenvalue weighted by atomic mass is 32.2. The number of amides is 1. The molecule has 1 N–H and O–H groups in total. The fourth-order valence-corrected chi connectivity index (χ4v) is 5.48. The molecular weight excluding hydrogens is 351 g/mol. The van der Waals surface area contributed by atoms with Crippen LogP contribution >= 0.6 is 11.3 Å². The van der Waals surface area contributed by atoms with E-state index in [1.807, 2.05) is 0 Å². The zero-order chi connectivity index (χ0) is 17.2. The fourth-order valence-electron chi connectivity index (χ4n) is 2.64. The fraction of sp³-hybridized carbons (Fsp3) is 0.312. The predicted octanol–water partition coefficient (Wildman–Crippen LogP) is 2.60. The maximum Gasteiger partial charge on any atom is 0.263 e. The maximum atomic E-state index is 13.2. The number of sulfonamides is 1. The van der Waals surface area contributed by atoms with E-state index in [9.17, 15) is 17.6 Å². The monoisotopic (exact) mass is 368 g/mol. The average Bonchev–Trinajstić information content (AvgIpc) is 3.24. The summed E-state index contributed by atoms with van der Waals surface area (Å²) in [6.07, 6.45) is 1.68. The Labute approximate surface area is 144 Å². The molecule has 5 nitrogen and oxygen atoms in total. The normalized spacial score (nSPS) is 15.5. The van der Waals surface area contributed by atoms with Crippen LogP contribution in [0.15, 0.2) is 40.6 Å². The third-order valence-corrected chi connectivity index (χ3v) is 6.84. The van der Waals surface area contributed by atoms with E-state index in [-0.39, 0.29) is 22.1 Å². The molecule has 3 rings (SSSR count). The average molecular weight is 368 g/mol. The molecule has 0 aliphatic carbocycles. The first kappa shape index (κ1) is 17.1. The number of hydrogen-bond acceptors (Lipinski definition) is 4. The zero-order valence-corrected chi connectivity index (χ0v) is 14.5. The number of halogens is 1. The van der Waals surface area contributed by atoms with Crippen molar-refractivity contribution in [2.24, 2.45) is 0 Å². The van der Waals surface area contributed by atoms with Crippen molar-refractivity contribution in [2.45, 2.75) is 24.3 Å². The van der Waals surface area contributed by atoms with Gasteiger partial charge in [0.05, 0.1) is 0 Å². The van der Waals surface area contributed by atoms with E-state index >= 15 is 0 Å². The number of benzene rings is 1. The Morgan fingerprint density at radius 1 is 1.25 bits per heavy atom. The summed E-state index contributed by atoms with van der Waals surface area (Å²) in [6, 6.07) is 7.38. The summed E-state index contributed by atoms with van der Waals surface area (Å²) in [4.78, 5) is 12.6. The van der Waals surface area contributed by atoms with Crippen molar-refractivity contribution < 1.29 is 17.6 Å². The van der Waals surface area contributed by atoms with Crippen molar-refractivity contribution in [3.05, 3.63) is 52.0 Å². The van der Waals surface area contributed by atoms with Crippen LogP contribution in [-0.2, 0) is 16.6 Å². The van der Waals surface area contributed by atoms with Crippen molar-refractivity contribution in [1.29, 1.82) is 0 Å². The first-order valence-corrected chi connectivity index (χ1v) is 9.91. The molecule has 0 bridgehead atoms. The summed E-state index contributed by atoms with van der Waals surface area (Å²) >= 11 is 1.09.